The van der Waals surface area contributed by atoms with Gasteiger partial charge in [0.15, 0.2) is 11.2 Å². The van der Waals surface area contributed by atoms with E-state index >= 15 is 0 Å². The maximum Gasteiger partial charge on any atom is 0.513 e. The number of benzene rings is 5. The molecule has 10 rings (SSSR count). The van der Waals surface area contributed by atoms with Gasteiger partial charge in [-0.05, 0) is 84.5 Å². The summed E-state index contributed by atoms with van der Waals surface area (Å²) in [5.74, 6) is -7.18. The molecule has 6 amide bonds. The molecule has 9 aromatic rings. The van der Waals surface area contributed by atoms with Crippen LogP contribution in [0.2, 0.25) is 0 Å². The Balaban J connectivity index is 0.000000238. The SMILES string of the molecule is CCCSSCC(NC(=O)C(CC(=O)O)NC(=O)C(N)CNC(=O)CCC(NC(=O)c1ccc(NCc2cnc3nc(N)[nH]c(=O)c3n2)cc1)C(=O)O)C(=O)O.COC(=O)Oc1cc2c(c3ccccc13)C(CCl)CN2C(=O)c1cc2cc(NC(=O)c3cc4ccccc4[nH]3)ccc2[nH]1. The largest absolute Gasteiger partial charge is 0.513 e. The predicted octanol–water partition coefficient (Wildman–Crippen LogP) is 5.82. The fourth-order valence-electron chi connectivity index (χ4n) is 10.3. The monoisotopic (exact) mass is 1410 g/mol. The van der Waals surface area contributed by atoms with E-state index in [1.165, 1.54) is 47.0 Å². The molecule has 5 aromatic carbocycles. The van der Waals surface area contributed by atoms with Crippen LogP contribution in [-0.2, 0) is 40.0 Å². The van der Waals surface area contributed by atoms with Gasteiger partial charge in [0.05, 0.1) is 37.7 Å². The summed E-state index contributed by atoms with van der Waals surface area (Å²) in [5, 5.41) is 46.7. The summed E-state index contributed by atoms with van der Waals surface area (Å²) in [5.41, 5.74) is 16.6. The number of carbonyl (C=O) groups excluding carboxylic acids is 7. The number of hydrogen-bond acceptors (Lipinski definition) is 21. The number of aromatic nitrogens is 6. The van der Waals surface area contributed by atoms with Crippen LogP contribution in [0.15, 0.2) is 120 Å². The Morgan fingerprint density at radius 3 is 2.15 bits per heavy atom. The number of rotatable bonds is 28. The van der Waals surface area contributed by atoms with Gasteiger partial charge in [0.2, 0.25) is 23.7 Å². The molecular weight excluding hydrogens is 1350 g/mol. The lowest BCUT2D eigenvalue weighted by Crippen LogP contribution is -2.57. The average molecular weight is 1410 g/mol. The number of methoxy groups -OCH3 is 1. The van der Waals surface area contributed by atoms with Gasteiger partial charge in [-0.1, -0.05) is 71.0 Å². The fourth-order valence-corrected chi connectivity index (χ4v) is 12.9. The normalized spacial score (nSPS) is 13.6. The third-order valence-electron chi connectivity index (χ3n) is 15.3. The average Bonchev–Trinajstić information content (AvgIpc) is 1.63. The van der Waals surface area contributed by atoms with Crippen LogP contribution >= 0.6 is 33.2 Å². The van der Waals surface area contributed by atoms with Crippen molar-refractivity contribution >= 4 is 159 Å². The topological polar surface area (TPSA) is 480 Å². The number of nitrogen functional groups attached to an aromatic ring is 1. The molecule has 0 fully saturated rings. The molecule has 0 saturated heterocycles. The molecule has 0 radical (unpaired) electrons. The third-order valence-corrected chi connectivity index (χ3v) is 18.3. The summed E-state index contributed by atoms with van der Waals surface area (Å²) in [6.07, 6.45) is -0.215. The molecule has 0 spiro atoms. The van der Waals surface area contributed by atoms with Gasteiger partial charge in [-0.15, -0.1) is 11.6 Å². The molecule has 516 valence electrons. The van der Waals surface area contributed by atoms with E-state index in [9.17, 15) is 68.1 Å². The zero-order valence-electron chi connectivity index (χ0n) is 52.7. The Morgan fingerprint density at radius 1 is 0.758 bits per heavy atom. The van der Waals surface area contributed by atoms with Crippen molar-refractivity contribution in [1.82, 2.24) is 51.2 Å². The Bertz CT molecular complexity index is 4600. The molecule has 0 bridgehead atoms. The van der Waals surface area contributed by atoms with Crippen molar-refractivity contribution in [3.05, 3.63) is 154 Å². The van der Waals surface area contributed by atoms with Crippen molar-refractivity contribution in [1.29, 1.82) is 0 Å². The van der Waals surface area contributed by atoms with E-state index in [0.29, 0.717) is 52.3 Å². The lowest BCUT2D eigenvalue weighted by Gasteiger charge is -2.22. The summed E-state index contributed by atoms with van der Waals surface area (Å²) in [6, 6.07) is 25.9. The number of amides is 6. The highest BCUT2D eigenvalue weighted by molar-refractivity contribution is 8.76. The number of carbonyl (C=O) groups is 10. The predicted molar refractivity (Wildman–Crippen MR) is 371 cm³/mol. The van der Waals surface area contributed by atoms with Crippen molar-refractivity contribution in [3.8, 4) is 5.75 Å². The minimum atomic E-state index is -1.68. The highest BCUT2D eigenvalue weighted by Gasteiger charge is 2.37. The maximum atomic E-state index is 13.9. The van der Waals surface area contributed by atoms with Crippen molar-refractivity contribution in [3.63, 3.8) is 0 Å². The molecule has 5 unspecified atom stereocenters. The molecule has 99 heavy (non-hydrogen) atoms. The van der Waals surface area contributed by atoms with Crippen LogP contribution in [0.4, 0.5) is 27.8 Å². The van der Waals surface area contributed by atoms with Crippen molar-refractivity contribution in [2.75, 3.05) is 58.9 Å². The minimum absolute atomic E-state index is 0.00902. The van der Waals surface area contributed by atoms with Crippen molar-refractivity contribution in [2.24, 2.45) is 5.73 Å². The van der Waals surface area contributed by atoms with Gasteiger partial charge in [-0.2, -0.15) is 4.98 Å². The number of alkyl halides is 1. The van der Waals surface area contributed by atoms with Gasteiger partial charge in [0, 0.05) is 93.0 Å². The molecule has 34 heteroatoms. The Hall–Kier alpha value is -11.3. The van der Waals surface area contributed by atoms with Crippen LogP contribution in [0.5, 0.6) is 5.75 Å². The van der Waals surface area contributed by atoms with E-state index in [0.717, 1.165) is 50.3 Å². The molecule has 4 aromatic heterocycles. The molecule has 0 aliphatic carbocycles. The first kappa shape index (κ1) is 72.0. The minimum Gasteiger partial charge on any atom is -0.481 e. The molecular formula is C65H66ClN15O16S2. The molecule has 0 saturated carbocycles. The number of para-hydroxylation sites is 1. The van der Waals surface area contributed by atoms with Crippen molar-refractivity contribution < 1.29 is 72.7 Å². The van der Waals surface area contributed by atoms with E-state index in [2.05, 4.69) is 61.8 Å². The van der Waals surface area contributed by atoms with Crippen LogP contribution in [0.25, 0.3) is 43.7 Å². The van der Waals surface area contributed by atoms with E-state index in [4.69, 9.17) is 32.5 Å². The number of nitrogens with two attached hydrogens (primary N) is 2. The second-order valence-corrected chi connectivity index (χ2v) is 25.2. The molecule has 31 nitrogen and oxygen atoms in total. The smallest absolute Gasteiger partial charge is 0.481 e. The van der Waals surface area contributed by atoms with E-state index in [-0.39, 0.29) is 59.1 Å². The highest BCUT2D eigenvalue weighted by Crippen LogP contribution is 2.46. The number of aromatic amines is 3. The van der Waals surface area contributed by atoms with Crippen LogP contribution in [0.3, 0.4) is 0 Å². The quantitative estimate of drug-likeness (QED) is 0.00903. The number of carboxylic acid groups (broad SMARTS) is 3. The number of anilines is 4. The summed E-state index contributed by atoms with van der Waals surface area (Å²) in [7, 11) is 3.85. The highest BCUT2D eigenvalue weighted by atomic mass is 35.5. The fraction of sp³-hybridized carbons (Fsp3) is 0.262. The van der Waals surface area contributed by atoms with Crippen LogP contribution in [-0.4, -0.2) is 166 Å². The second kappa shape index (κ2) is 33.1. The van der Waals surface area contributed by atoms with E-state index in [1.54, 1.807) is 35.2 Å². The number of nitrogens with zero attached hydrogens (tertiary/aromatic N) is 4. The molecule has 1 aliphatic heterocycles. The van der Waals surface area contributed by atoms with Crippen LogP contribution < -0.4 is 58.6 Å². The summed E-state index contributed by atoms with van der Waals surface area (Å²) >= 11 is 6.40. The van der Waals surface area contributed by atoms with Gasteiger partial charge in [0.1, 0.15) is 41.3 Å². The maximum absolute atomic E-state index is 13.9. The summed E-state index contributed by atoms with van der Waals surface area (Å²) in [4.78, 5) is 159. The molecule has 5 heterocycles. The molecule has 5 atom stereocenters. The number of H-pyrrole nitrogens is 3. The van der Waals surface area contributed by atoms with Gasteiger partial charge in [-0.25, -0.2) is 24.4 Å². The number of fused-ring (bicyclic) bond motifs is 6. The summed E-state index contributed by atoms with van der Waals surface area (Å²) < 4.78 is 10.2. The number of halogens is 1. The van der Waals surface area contributed by atoms with Gasteiger partial charge in [0.25, 0.3) is 23.3 Å². The summed E-state index contributed by atoms with van der Waals surface area (Å²) in [6.45, 7) is 1.98. The first-order chi connectivity index (χ1) is 47.5. The molecule has 1 aliphatic rings. The van der Waals surface area contributed by atoms with Gasteiger partial charge < -0.3 is 83.0 Å². The Morgan fingerprint density at radius 2 is 1.44 bits per heavy atom. The zero-order chi connectivity index (χ0) is 71.0. The molecule has 16 N–H and O–H groups in total. The van der Waals surface area contributed by atoms with E-state index in [1.807, 2.05) is 73.7 Å². The number of carboxylic acids is 3. The van der Waals surface area contributed by atoms with Crippen molar-refractivity contribution in [2.45, 2.75) is 69.2 Å². The Kier molecular flexibility index (Phi) is 24.1. The standard InChI is InChI=1S/C33H25ClN4O5.C32H41N11O11S2/c1-42-33(41)43-29-15-28-30(23-8-4-3-7-22(23)29)20(16-34)17-38(28)32(40)27-14-19-12-21(10-11-25(19)37-27)35-31(39)26-13-18-6-2-5-9-24(18)36-26;1-2-9-55-56-14-21(31(53)54)41-28(49)20(10-23(45)46)40-27(48)18(33)13-36-22(44)8-7-19(30(51)52)39-26(47)15-3-5-16(6-4-15)35-11-17-12-37-25-24(38-17)29(50)43-32(34)42-25/h2-15,20,36-37H,16-17H2,1H3,(H,35,39);3-6,12,18-21,35H,2,7-11,13-14,33H2,1H3,(H,36,44)(H,39,47)(H,40,48)(H,41,49)(H,45,46)(H,51,52)(H,53,54)(H3,34,37,42,43,50). The van der Waals surface area contributed by atoms with E-state index < -0.39 is 96.8 Å². The third kappa shape index (κ3) is 18.4. The lowest BCUT2D eigenvalue weighted by atomic mass is 9.95. The number of nitrogens with one attached hydrogen (secondary N) is 9. The lowest BCUT2D eigenvalue weighted by molar-refractivity contribution is -0.143. The zero-order valence-corrected chi connectivity index (χ0v) is 55.1. The Labute approximate surface area is 574 Å². The number of hydrogen-bond donors (Lipinski definition) is 14. The van der Waals surface area contributed by atoms with Crippen LogP contribution in [0.1, 0.15) is 81.1 Å². The van der Waals surface area contributed by atoms with Gasteiger partial charge >= 0.3 is 24.1 Å². The van der Waals surface area contributed by atoms with Crippen LogP contribution in [0, 0.1) is 0 Å². The second-order valence-electron chi connectivity index (χ2n) is 22.3. The van der Waals surface area contributed by atoms with Gasteiger partial charge in [-0.3, -0.25) is 43.3 Å². The first-order valence-corrected chi connectivity index (χ1v) is 33.5. The first-order valence-electron chi connectivity index (χ1n) is 30.4. The number of aliphatic carboxylic acids is 3. The number of ether oxygens (including phenoxy) is 2.